The number of benzene rings is 1. The van der Waals surface area contributed by atoms with E-state index in [-0.39, 0.29) is 11.5 Å². The second-order valence-electron chi connectivity index (χ2n) is 7.49. The van der Waals surface area contributed by atoms with Crippen LogP contribution in [0, 0.1) is 12.7 Å². The topological polar surface area (TPSA) is 76.1 Å². The number of unbranched alkanes of at least 4 members (excludes halogenated alkanes) is 1. The fourth-order valence-corrected chi connectivity index (χ4v) is 3.63. The summed E-state index contributed by atoms with van der Waals surface area (Å²) in [7, 11) is -3.57. The lowest BCUT2D eigenvalue weighted by Gasteiger charge is -2.13. The second kappa shape index (κ2) is 10.5. The smallest absolute Gasteiger partial charge is 0.229 e. The number of Topliss-reactive ketones (excluding diaryl/α,β-unsaturated/α-hetero) is 1. The fraction of sp³-hybridized carbons (Fsp3) is 0.391. The van der Waals surface area contributed by atoms with Gasteiger partial charge in [0.2, 0.25) is 10.0 Å². The Morgan fingerprint density at radius 1 is 1.27 bits per heavy atom. The van der Waals surface area contributed by atoms with Gasteiger partial charge in [-0.2, -0.15) is 0 Å². The third-order valence-electron chi connectivity index (χ3n) is 4.79. The molecule has 1 atom stereocenters. The molecule has 0 aliphatic heterocycles. The number of nitrogens with one attached hydrogen (secondary N) is 1. The van der Waals surface area contributed by atoms with E-state index in [1.165, 1.54) is 12.1 Å². The van der Waals surface area contributed by atoms with Gasteiger partial charge in [0.1, 0.15) is 11.6 Å². The van der Waals surface area contributed by atoms with Crippen molar-refractivity contribution in [2.45, 2.75) is 52.4 Å². The first-order valence-corrected chi connectivity index (χ1v) is 11.9. The van der Waals surface area contributed by atoms with Gasteiger partial charge in [-0.3, -0.25) is 14.5 Å². The van der Waals surface area contributed by atoms with E-state index < -0.39 is 21.8 Å². The molecule has 0 saturated carbocycles. The molecule has 0 spiro atoms. The van der Waals surface area contributed by atoms with Crippen molar-refractivity contribution in [1.29, 1.82) is 0 Å². The number of carbonyl (C=O) groups excluding carboxylic acids is 1. The lowest BCUT2D eigenvalue weighted by atomic mass is 9.92. The quantitative estimate of drug-likeness (QED) is 0.572. The maximum atomic E-state index is 14.2. The van der Waals surface area contributed by atoms with Gasteiger partial charge in [-0.05, 0) is 55.2 Å². The van der Waals surface area contributed by atoms with E-state index in [2.05, 4.69) is 22.7 Å². The molecule has 0 aliphatic carbocycles. The number of hydrogen-bond donors (Lipinski definition) is 1. The first-order valence-electron chi connectivity index (χ1n) is 10.0. The zero-order chi connectivity index (χ0) is 22.3. The van der Waals surface area contributed by atoms with E-state index in [9.17, 15) is 17.6 Å². The van der Waals surface area contributed by atoms with Crippen molar-refractivity contribution in [2.75, 3.05) is 11.0 Å². The normalized spacial score (nSPS) is 12.8. The van der Waals surface area contributed by atoms with Crippen LogP contribution in [0.3, 0.4) is 0 Å². The molecule has 0 fully saturated rings. The minimum Gasteiger partial charge on any atom is -0.299 e. The Balaban J connectivity index is 2.09. The molecule has 0 bridgehead atoms. The zero-order valence-electron chi connectivity index (χ0n) is 17.9. The molecule has 0 saturated heterocycles. The minimum atomic E-state index is -3.57. The van der Waals surface area contributed by atoms with Crippen LogP contribution in [0.15, 0.2) is 36.4 Å². The third-order valence-corrected chi connectivity index (χ3v) is 5.39. The maximum absolute atomic E-state index is 14.2. The molecule has 1 heterocycles. The number of halogens is 1. The first kappa shape index (κ1) is 23.7. The summed E-state index contributed by atoms with van der Waals surface area (Å²) in [6.45, 7) is 5.78. The summed E-state index contributed by atoms with van der Waals surface area (Å²) in [6, 6.07) is 8.06. The molecule has 0 aliphatic rings. The second-order valence-corrected chi connectivity index (χ2v) is 9.24. The van der Waals surface area contributed by atoms with Gasteiger partial charge in [0, 0.05) is 18.0 Å². The molecule has 1 aromatic heterocycles. The maximum Gasteiger partial charge on any atom is 0.229 e. The molecule has 162 valence electrons. The number of pyridine rings is 1. The number of aromatic nitrogens is 1. The highest BCUT2D eigenvalue weighted by Gasteiger charge is 2.18. The van der Waals surface area contributed by atoms with Crippen LogP contribution >= 0.6 is 0 Å². The number of anilines is 1. The van der Waals surface area contributed by atoms with E-state index in [1.54, 1.807) is 13.0 Å². The molecule has 0 amide bonds. The fourth-order valence-electron chi connectivity index (χ4n) is 3.07. The number of carbonyl (C=O) groups is 1. The number of sulfonamides is 1. The number of rotatable bonds is 10. The average Bonchev–Trinajstić information content (AvgIpc) is 2.67. The highest BCUT2D eigenvalue weighted by molar-refractivity contribution is 7.92. The number of ketones is 1. The van der Waals surface area contributed by atoms with Crippen LogP contribution in [0.5, 0.6) is 0 Å². The standard InChI is InChI=1S/C23H29FN2O3S/c1-5-6-7-8-21-18(10-9-16(2)25-21)12-14-23(27)17(3)19-11-13-22(20(24)15-19)26-30(4,28)29/h7-11,13,15,17,26H,5-6,12,14H2,1-4H3/b8-7-. The van der Waals surface area contributed by atoms with Gasteiger partial charge in [-0.25, -0.2) is 12.8 Å². The molecular weight excluding hydrogens is 403 g/mol. The monoisotopic (exact) mass is 432 g/mol. The number of nitrogens with zero attached hydrogens (tertiary/aromatic N) is 1. The van der Waals surface area contributed by atoms with Gasteiger partial charge < -0.3 is 0 Å². The van der Waals surface area contributed by atoms with Gasteiger partial charge in [0.25, 0.3) is 0 Å². The summed E-state index contributed by atoms with van der Waals surface area (Å²) in [5.41, 5.74) is 3.20. The van der Waals surface area contributed by atoms with Crippen molar-refractivity contribution in [3.05, 3.63) is 64.7 Å². The molecule has 1 unspecified atom stereocenters. The minimum absolute atomic E-state index is 0.0118. The molecule has 1 aromatic carbocycles. The molecule has 1 N–H and O–H groups in total. The Morgan fingerprint density at radius 2 is 2.00 bits per heavy atom. The molecule has 7 heteroatoms. The summed E-state index contributed by atoms with van der Waals surface area (Å²) < 4.78 is 38.9. The van der Waals surface area contributed by atoms with Crippen molar-refractivity contribution >= 4 is 27.6 Å². The van der Waals surface area contributed by atoms with Crippen molar-refractivity contribution in [2.24, 2.45) is 0 Å². The SMILES string of the molecule is CCC/C=C\c1nc(C)ccc1CCC(=O)C(C)c1ccc(NS(C)(=O)=O)c(F)c1. The van der Waals surface area contributed by atoms with E-state index in [4.69, 9.17) is 0 Å². The highest BCUT2D eigenvalue weighted by atomic mass is 32.2. The average molecular weight is 433 g/mol. The van der Waals surface area contributed by atoms with Crippen LogP contribution in [0.25, 0.3) is 6.08 Å². The van der Waals surface area contributed by atoms with Crippen LogP contribution in [0.2, 0.25) is 0 Å². The number of aryl methyl sites for hydroxylation is 2. The van der Waals surface area contributed by atoms with Crippen LogP contribution in [0.1, 0.15) is 61.5 Å². The van der Waals surface area contributed by atoms with E-state index >= 15 is 0 Å². The third kappa shape index (κ3) is 7.06. The van der Waals surface area contributed by atoms with Crippen LogP contribution < -0.4 is 4.72 Å². The van der Waals surface area contributed by atoms with Crippen molar-refractivity contribution in [3.63, 3.8) is 0 Å². The molecule has 30 heavy (non-hydrogen) atoms. The molecule has 5 nitrogen and oxygen atoms in total. The molecule has 2 rings (SSSR count). The molecular formula is C23H29FN2O3S. The molecule has 0 radical (unpaired) electrons. The first-order chi connectivity index (χ1) is 14.1. The Bertz CT molecular complexity index is 1030. The van der Waals surface area contributed by atoms with Crippen LogP contribution in [-0.2, 0) is 21.2 Å². The van der Waals surface area contributed by atoms with E-state index in [1.807, 2.05) is 25.1 Å². The van der Waals surface area contributed by atoms with E-state index in [0.717, 1.165) is 36.0 Å². The Hall–Kier alpha value is -2.54. The van der Waals surface area contributed by atoms with Gasteiger partial charge in [0.05, 0.1) is 17.6 Å². The van der Waals surface area contributed by atoms with Gasteiger partial charge in [-0.15, -0.1) is 0 Å². The summed E-state index contributed by atoms with van der Waals surface area (Å²) in [4.78, 5) is 17.3. The van der Waals surface area contributed by atoms with Crippen LogP contribution in [-0.4, -0.2) is 25.4 Å². The summed E-state index contributed by atoms with van der Waals surface area (Å²) in [5, 5.41) is 0. The highest BCUT2D eigenvalue weighted by Crippen LogP contribution is 2.24. The summed E-state index contributed by atoms with van der Waals surface area (Å²) in [6.07, 6.45) is 7.94. The van der Waals surface area contributed by atoms with E-state index in [0.29, 0.717) is 18.4 Å². The van der Waals surface area contributed by atoms with Gasteiger partial charge >= 0.3 is 0 Å². The summed E-state index contributed by atoms with van der Waals surface area (Å²) in [5.74, 6) is -1.21. The zero-order valence-corrected chi connectivity index (χ0v) is 18.7. The van der Waals surface area contributed by atoms with Crippen molar-refractivity contribution in [3.8, 4) is 0 Å². The number of allylic oxidation sites excluding steroid dienone is 1. The van der Waals surface area contributed by atoms with Crippen molar-refractivity contribution < 1.29 is 17.6 Å². The van der Waals surface area contributed by atoms with Crippen LogP contribution in [0.4, 0.5) is 10.1 Å². The van der Waals surface area contributed by atoms with Gasteiger partial charge in [0.15, 0.2) is 0 Å². The Kier molecular flexibility index (Phi) is 8.29. The predicted octanol–water partition coefficient (Wildman–Crippen LogP) is 5.02. The number of hydrogen-bond acceptors (Lipinski definition) is 4. The largest absolute Gasteiger partial charge is 0.299 e. The Morgan fingerprint density at radius 3 is 2.63 bits per heavy atom. The summed E-state index contributed by atoms with van der Waals surface area (Å²) >= 11 is 0. The predicted molar refractivity (Wildman–Crippen MR) is 120 cm³/mol. The Labute approximate surface area is 178 Å². The lowest BCUT2D eigenvalue weighted by molar-refractivity contribution is -0.120. The van der Waals surface area contributed by atoms with Gasteiger partial charge in [-0.1, -0.05) is 38.5 Å². The van der Waals surface area contributed by atoms with Crippen molar-refractivity contribution in [1.82, 2.24) is 4.98 Å². The molecule has 2 aromatic rings. The lowest BCUT2D eigenvalue weighted by Crippen LogP contribution is -2.13.